The van der Waals surface area contributed by atoms with Crippen molar-refractivity contribution in [3.05, 3.63) is 54.0 Å². The second kappa shape index (κ2) is 6.72. The van der Waals surface area contributed by atoms with Crippen LogP contribution in [0.15, 0.2) is 42.7 Å². The third-order valence-corrected chi connectivity index (χ3v) is 4.70. The minimum atomic E-state index is -0.0165. The maximum Gasteiger partial charge on any atom is 0.274 e. The van der Waals surface area contributed by atoms with Crippen LogP contribution in [0.3, 0.4) is 0 Å². The third-order valence-electron chi connectivity index (χ3n) is 4.70. The Bertz CT molecular complexity index is 882. The van der Waals surface area contributed by atoms with Gasteiger partial charge in [-0.3, -0.25) is 9.48 Å². The Labute approximate surface area is 146 Å². The molecular formula is C19H22N4O2. The minimum absolute atomic E-state index is 0.0165. The van der Waals surface area contributed by atoms with E-state index in [2.05, 4.69) is 34.3 Å². The molecule has 1 atom stereocenters. The number of nitrogens with zero attached hydrogens (tertiary/aromatic N) is 3. The van der Waals surface area contributed by atoms with Crippen molar-refractivity contribution in [3.8, 4) is 0 Å². The van der Waals surface area contributed by atoms with Crippen molar-refractivity contribution in [3.63, 3.8) is 0 Å². The van der Waals surface area contributed by atoms with Gasteiger partial charge in [0.25, 0.3) is 5.91 Å². The number of aromatic amines is 1. The molecule has 1 aromatic carbocycles. The second-order valence-electron chi connectivity index (χ2n) is 6.67. The molecule has 3 heterocycles. The molecule has 130 valence electrons. The molecule has 6 nitrogen and oxygen atoms in total. The molecule has 3 aromatic rings. The van der Waals surface area contributed by atoms with E-state index in [0.717, 1.165) is 11.9 Å². The number of hydrogen-bond donors (Lipinski definition) is 1. The molecule has 1 fully saturated rings. The summed E-state index contributed by atoms with van der Waals surface area (Å²) in [4.78, 5) is 17.8. The molecule has 4 rings (SSSR count). The lowest BCUT2D eigenvalue weighted by atomic mass is 9.98. The van der Waals surface area contributed by atoms with Crippen molar-refractivity contribution < 1.29 is 9.53 Å². The molecule has 0 saturated carbocycles. The summed E-state index contributed by atoms with van der Waals surface area (Å²) in [6, 6.07) is 10.3. The van der Waals surface area contributed by atoms with Gasteiger partial charge in [-0.25, -0.2) is 0 Å². The van der Waals surface area contributed by atoms with Gasteiger partial charge >= 0.3 is 0 Å². The van der Waals surface area contributed by atoms with Gasteiger partial charge in [-0.05, 0) is 41.6 Å². The number of aryl methyl sites for hydroxylation is 1. The van der Waals surface area contributed by atoms with Gasteiger partial charge in [-0.2, -0.15) is 5.10 Å². The molecule has 25 heavy (non-hydrogen) atoms. The van der Waals surface area contributed by atoms with Crippen molar-refractivity contribution in [2.45, 2.75) is 6.42 Å². The topological polar surface area (TPSA) is 63.1 Å². The van der Waals surface area contributed by atoms with Crippen LogP contribution in [0.2, 0.25) is 0 Å². The van der Waals surface area contributed by atoms with Crippen molar-refractivity contribution in [2.75, 3.05) is 26.3 Å². The molecule has 1 unspecified atom stereocenters. The summed E-state index contributed by atoms with van der Waals surface area (Å²) in [5, 5.41) is 5.45. The first kappa shape index (κ1) is 15.9. The fourth-order valence-electron chi connectivity index (χ4n) is 3.44. The van der Waals surface area contributed by atoms with Crippen LogP contribution < -0.4 is 0 Å². The zero-order valence-electron chi connectivity index (χ0n) is 14.3. The van der Waals surface area contributed by atoms with Gasteiger partial charge in [-0.15, -0.1) is 0 Å². The van der Waals surface area contributed by atoms with Crippen LogP contribution in [-0.4, -0.2) is 51.9 Å². The van der Waals surface area contributed by atoms with Gasteiger partial charge in [-0.1, -0.05) is 6.07 Å². The largest absolute Gasteiger partial charge is 0.379 e. The summed E-state index contributed by atoms with van der Waals surface area (Å²) < 4.78 is 7.41. The molecule has 0 spiro atoms. The van der Waals surface area contributed by atoms with E-state index in [1.165, 1.54) is 10.9 Å². The van der Waals surface area contributed by atoms with Gasteiger partial charge in [0.1, 0.15) is 5.69 Å². The number of nitrogens with one attached hydrogen (secondary N) is 1. The van der Waals surface area contributed by atoms with Crippen LogP contribution in [0.4, 0.5) is 0 Å². The predicted molar refractivity (Wildman–Crippen MR) is 95.4 cm³/mol. The Balaban J connectivity index is 1.48. The number of hydrogen-bond acceptors (Lipinski definition) is 3. The highest BCUT2D eigenvalue weighted by molar-refractivity contribution is 5.92. The van der Waals surface area contributed by atoms with Gasteiger partial charge in [0, 0.05) is 44.0 Å². The van der Waals surface area contributed by atoms with E-state index in [0.29, 0.717) is 32.0 Å². The zero-order valence-corrected chi connectivity index (χ0v) is 14.3. The number of benzene rings is 1. The van der Waals surface area contributed by atoms with E-state index < -0.39 is 0 Å². The number of aromatic nitrogens is 3. The maximum atomic E-state index is 12.7. The highest BCUT2D eigenvalue weighted by atomic mass is 16.5. The van der Waals surface area contributed by atoms with Gasteiger partial charge in [0.2, 0.25) is 0 Å². The quantitative estimate of drug-likeness (QED) is 0.796. The van der Waals surface area contributed by atoms with E-state index >= 15 is 0 Å². The normalized spacial score (nSPS) is 18.4. The average molecular weight is 338 g/mol. The predicted octanol–water partition coefficient (Wildman–Crippen LogP) is 2.23. The summed E-state index contributed by atoms with van der Waals surface area (Å²) in [5.74, 6) is 0.267. The Morgan fingerprint density at radius 1 is 1.36 bits per heavy atom. The van der Waals surface area contributed by atoms with Crippen molar-refractivity contribution in [1.29, 1.82) is 0 Å². The van der Waals surface area contributed by atoms with Crippen LogP contribution in [0.25, 0.3) is 10.9 Å². The van der Waals surface area contributed by atoms with Crippen molar-refractivity contribution in [2.24, 2.45) is 13.0 Å². The first-order chi connectivity index (χ1) is 12.2. The first-order valence-electron chi connectivity index (χ1n) is 8.62. The number of carbonyl (C=O) groups is 1. The van der Waals surface area contributed by atoms with E-state index in [9.17, 15) is 4.79 Å². The Morgan fingerprint density at radius 2 is 2.28 bits per heavy atom. The molecule has 6 heteroatoms. The lowest BCUT2D eigenvalue weighted by molar-refractivity contribution is 0.0730. The van der Waals surface area contributed by atoms with Crippen LogP contribution in [0.5, 0.6) is 0 Å². The standard InChI is InChI=1S/C19H22N4O2/c1-22-7-5-18(21-22)19(24)23-8-9-25-13-15(12-23)10-14-2-3-17-16(11-14)4-6-20-17/h2-7,11,15,20H,8-10,12-13H2,1H3. The second-order valence-corrected chi connectivity index (χ2v) is 6.67. The highest BCUT2D eigenvalue weighted by Crippen LogP contribution is 2.19. The minimum Gasteiger partial charge on any atom is -0.379 e. The van der Waals surface area contributed by atoms with Gasteiger partial charge in [0.05, 0.1) is 13.2 Å². The van der Waals surface area contributed by atoms with Crippen LogP contribution in [0.1, 0.15) is 16.1 Å². The van der Waals surface area contributed by atoms with Crippen molar-refractivity contribution in [1.82, 2.24) is 19.7 Å². The summed E-state index contributed by atoms with van der Waals surface area (Å²) in [6.07, 6.45) is 4.65. The molecule has 0 bridgehead atoms. The molecule has 1 aliphatic heterocycles. The number of fused-ring (bicyclic) bond motifs is 1. The Kier molecular flexibility index (Phi) is 4.28. The van der Waals surface area contributed by atoms with Crippen molar-refractivity contribution >= 4 is 16.8 Å². The van der Waals surface area contributed by atoms with Gasteiger partial charge < -0.3 is 14.6 Å². The van der Waals surface area contributed by atoms with Crippen LogP contribution >= 0.6 is 0 Å². The summed E-state index contributed by atoms with van der Waals surface area (Å²) in [5.41, 5.74) is 2.91. The maximum absolute atomic E-state index is 12.7. The number of H-pyrrole nitrogens is 1. The molecule has 1 aliphatic rings. The lowest BCUT2D eigenvalue weighted by Crippen LogP contribution is -2.36. The summed E-state index contributed by atoms with van der Waals surface area (Å²) in [6.45, 7) is 2.56. The first-order valence-corrected chi connectivity index (χ1v) is 8.62. The van der Waals surface area contributed by atoms with Crippen LogP contribution in [-0.2, 0) is 18.2 Å². The van der Waals surface area contributed by atoms with E-state index in [1.807, 2.05) is 18.1 Å². The van der Waals surface area contributed by atoms with E-state index in [4.69, 9.17) is 4.74 Å². The molecular weight excluding hydrogens is 316 g/mol. The number of amides is 1. The molecule has 1 N–H and O–H groups in total. The average Bonchev–Trinajstić information content (AvgIpc) is 3.18. The fraction of sp³-hybridized carbons (Fsp3) is 0.368. The Hall–Kier alpha value is -2.60. The highest BCUT2D eigenvalue weighted by Gasteiger charge is 2.25. The number of ether oxygens (including phenoxy) is 1. The molecule has 2 aromatic heterocycles. The Morgan fingerprint density at radius 3 is 3.12 bits per heavy atom. The number of carbonyl (C=O) groups excluding carboxylic acids is 1. The third kappa shape index (κ3) is 3.44. The van der Waals surface area contributed by atoms with Gasteiger partial charge in [0.15, 0.2) is 0 Å². The zero-order chi connectivity index (χ0) is 17.2. The molecule has 1 saturated heterocycles. The fourth-order valence-corrected chi connectivity index (χ4v) is 3.44. The number of rotatable bonds is 3. The lowest BCUT2D eigenvalue weighted by Gasteiger charge is -2.23. The van der Waals surface area contributed by atoms with Crippen LogP contribution in [0, 0.1) is 5.92 Å². The molecule has 0 aliphatic carbocycles. The summed E-state index contributed by atoms with van der Waals surface area (Å²) >= 11 is 0. The molecule has 0 radical (unpaired) electrons. The monoisotopic (exact) mass is 338 g/mol. The smallest absolute Gasteiger partial charge is 0.274 e. The molecule has 1 amide bonds. The van der Waals surface area contributed by atoms with E-state index in [-0.39, 0.29) is 11.8 Å². The van der Waals surface area contributed by atoms with E-state index in [1.54, 1.807) is 16.9 Å². The SMILES string of the molecule is Cn1ccc(C(=O)N2CCOCC(Cc3ccc4[nH]ccc4c3)C2)n1. The summed E-state index contributed by atoms with van der Waals surface area (Å²) in [7, 11) is 1.82.